The lowest BCUT2D eigenvalue weighted by Gasteiger charge is -2.28. The topological polar surface area (TPSA) is 111 Å². The predicted octanol–water partition coefficient (Wildman–Crippen LogP) is 19.2. The van der Waals surface area contributed by atoms with Crippen molar-refractivity contribution in [1.82, 2.24) is 0 Å². The van der Waals surface area contributed by atoms with Crippen molar-refractivity contribution in [3.63, 3.8) is 0 Å². The summed E-state index contributed by atoms with van der Waals surface area (Å²) in [6, 6.07) is 0. The molecule has 0 bridgehead atoms. The number of rotatable bonds is 58. The second-order valence-electron chi connectivity index (χ2n) is 22.4. The van der Waals surface area contributed by atoms with E-state index in [1.165, 1.54) is 186 Å². The van der Waals surface area contributed by atoms with Crippen molar-refractivity contribution in [3.8, 4) is 0 Å². The number of carbonyl (C=O) groups is 2. The Morgan fingerprint density at radius 1 is 0.427 bits per heavy atom. The molecule has 0 rings (SSSR count). The largest absolute Gasteiger partial charge is 0.756 e. The van der Waals surface area contributed by atoms with Gasteiger partial charge in [-0.2, -0.15) is 0 Å². The Bertz CT molecular complexity index is 1450. The Balaban J connectivity index is 4.03. The fraction of sp³-hybridized carbons (Fsp3) is 0.815. The summed E-state index contributed by atoms with van der Waals surface area (Å²) in [5, 5.41) is 0. The Morgan fingerprint density at radius 2 is 0.760 bits per heavy atom. The Labute approximate surface area is 464 Å². The molecule has 2 atom stereocenters. The molecule has 0 aromatic carbocycles. The highest BCUT2D eigenvalue weighted by Gasteiger charge is 2.22. The molecule has 0 fully saturated rings. The Hall–Kier alpha value is -2.29. The van der Waals surface area contributed by atoms with E-state index in [9.17, 15) is 19.0 Å². The minimum absolute atomic E-state index is 0.0294. The number of carbonyl (C=O) groups excluding carboxylic acids is 2. The number of quaternary nitrogens is 1. The van der Waals surface area contributed by atoms with Crippen molar-refractivity contribution in [2.45, 2.75) is 296 Å². The van der Waals surface area contributed by atoms with Gasteiger partial charge in [0, 0.05) is 12.8 Å². The van der Waals surface area contributed by atoms with Gasteiger partial charge in [0.2, 0.25) is 0 Å². The third kappa shape index (κ3) is 60.8. The summed E-state index contributed by atoms with van der Waals surface area (Å²) in [6.07, 6.45) is 72.8. The van der Waals surface area contributed by atoms with Gasteiger partial charge < -0.3 is 27.9 Å². The summed E-state index contributed by atoms with van der Waals surface area (Å²) in [5.74, 6) is -0.819. The van der Waals surface area contributed by atoms with Gasteiger partial charge in [0.05, 0.1) is 27.7 Å². The summed E-state index contributed by atoms with van der Waals surface area (Å²) in [4.78, 5) is 37.9. The summed E-state index contributed by atoms with van der Waals surface area (Å²) in [5.41, 5.74) is 0. The van der Waals surface area contributed by atoms with Gasteiger partial charge in [0.25, 0.3) is 7.82 Å². The van der Waals surface area contributed by atoms with E-state index in [2.05, 4.69) is 74.6 Å². The zero-order chi connectivity index (χ0) is 54.9. The number of likely N-dealkylation sites (N-methyl/N-ethyl adjacent to an activating group) is 1. The van der Waals surface area contributed by atoms with Crippen LogP contribution in [0.2, 0.25) is 0 Å². The van der Waals surface area contributed by atoms with Crippen LogP contribution in [0.5, 0.6) is 0 Å². The lowest BCUT2D eigenvalue weighted by atomic mass is 10.0. The van der Waals surface area contributed by atoms with Crippen LogP contribution in [0, 0.1) is 0 Å². The monoisotopic (exact) mass is 1070 g/mol. The lowest BCUT2D eigenvalue weighted by molar-refractivity contribution is -0.870. The molecule has 0 radical (unpaired) electrons. The van der Waals surface area contributed by atoms with E-state index in [0.717, 1.165) is 70.6 Å². The van der Waals surface area contributed by atoms with Crippen LogP contribution in [-0.2, 0) is 32.7 Å². The van der Waals surface area contributed by atoms with Gasteiger partial charge in [-0.05, 0) is 57.8 Å². The number of ether oxygens (including phenoxy) is 2. The Morgan fingerprint density at radius 3 is 1.13 bits per heavy atom. The summed E-state index contributed by atoms with van der Waals surface area (Å²) in [6.45, 7) is 4.17. The van der Waals surface area contributed by atoms with Crippen molar-refractivity contribution >= 4 is 19.8 Å². The van der Waals surface area contributed by atoms with Crippen LogP contribution < -0.4 is 4.89 Å². The molecule has 0 heterocycles. The molecule has 438 valence electrons. The van der Waals surface area contributed by atoms with Crippen molar-refractivity contribution in [2.75, 3.05) is 47.5 Å². The van der Waals surface area contributed by atoms with Crippen LogP contribution in [0.15, 0.2) is 60.8 Å². The first kappa shape index (κ1) is 72.7. The summed E-state index contributed by atoms with van der Waals surface area (Å²) < 4.78 is 34.2. The van der Waals surface area contributed by atoms with Crippen molar-refractivity contribution in [2.24, 2.45) is 0 Å². The molecule has 0 saturated heterocycles. The highest BCUT2D eigenvalue weighted by atomic mass is 31.2. The minimum atomic E-state index is -4.64. The normalized spacial score (nSPS) is 13.6. The molecule has 0 aliphatic rings. The van der Waals surface area contributed by atoms with E-state index in [-0.39, 0.29) is 32.0 Å². The van der Waals surface area contributed by atoms with Crippen LogP contribution >= 0.6 is 7.82 Å². The fourth-order valence-corrected chi connectivity index (χ4v) is 9.71. The van der Waals surface area contributed by atoms with E-state index < -0.39 is 26.5 Å². The van der Waals surface area contributed by atoms with E-state index in [1.807, 2.05) is 21.1 Å². The van der Waals surface area contributed by atoms with Gasteiger partial charge in [-0.1, -0.05) is 280 Å². The molecule has 0 aliphatic heterocycles. The van der Waals surface area contributed by atoms with Gasteiger partial charge >= 0.3 is 11.9 Å². The van der Waals surface area contributed by atoms with Crippen LogP contribution in [0.3, 0.4) is 0 Å². The molecule has 0 N–H and O–H groups in total. The van der Waals surface area contributed by atoms with E-state index in [4.69, 9.17) is 18.5 Å². The van der Waals surface area contributed by atoms with Crippen LogP contribution in [0.1, 0.15) is 290 Å². The molecule has 0 aromatic heterocycles. The van der Waals surface area contributed by atoms with Crippen molar-refractivity contribution in [1.29, 1.82) is 0 Å². The molecule has 0 aromatic rings. The number of unbranched alkanes of at least 4 members (excludes halogenated alkanes) is 34. The molecule has 0 amide bonds. The predicted molar refractivity (Wildman–Crippen MR) is 319 cm³/mol. The van der Waals surface area contributed by atoms with Gasteiger partial charge in [-0.15, -0.1) is 0 Å². The number of nitrogens with zero attached hydrogens (tertiary/aromatic N) is 1. The maximum Gasteiger partial charge on any atom is 0.306 e. The summed E-state index contributed by atoms with van der Waals surface area (Å²) in [7, 11) is 1.18. The number of hydrogen-bond donors (Lipinski definition) is 0. The molecule has 10 heteroatoms. The first-order chi connectivity index (χ1) is 36.5. The van der Waals surface area contributed by atoms with Crippen molar-refractivity contribution < 1.29 is 42.1 Å². The third-order valence-electron chi connectivity index (χ3n) is 13.8. The molecular weight excluding hydrogens is 954 g/mol. The molecule has 0 saturated carbocycles. The average Bonchev–Trinajstić information content (AvgIpc) is 3.37. The average molecular weight is 1070 g/mol. The zero-order valence-corrected chi connectivity index (χ0v) is 50.6. The molecule has 9 nitrogen and oxygen atoms in total. The highest BCUT2D eigenvalue weighted by molar-refractivity contribution is 7.45. The van der Waals surface area contributed by atoms with Crippen LogP contribution in [-0.4, -0.2) is 70.0 Å². The van der Waals surface area contributed by atoms with E-state index in [1.54, 1.807) is 0 Å². The Kier molecular flexibility index (Phi) is 54.7. The number of esters is 2. The first-order valence-corrected chi connectivity index (χ1v) is 33.0. The number of phosphoric acid groups is 1. The molecule has 0 spiro atoms. The smallest absolute Gasteiger partial charge is 0.306 e. The first-order valence-electron chi connectivity index (χ1n) is 31.5. The summed E-state index contributed by atoms with van der Waals surface area (Å²) >= 11 is 0. The maximum atomic E-state index is 12.8. The molecule has 75 heavy (non-hydrogen) atoms. The molecule has 0 aliphatic carbocycles. The number of allylic oxidation sites excluding steroid dienone is 10. The van der Waals surface area contributed by atoms with Gasteiger partial charge in [0.1, 0.15) is 19.8 Å². The second kappa shape index (κ2) is 56.4. The van der Waals surface area contributed by atoms with Crippen LogP contribution in [0.4, 0.5) is 0 Å². The van der Waals surface area contributed by atoms with Crippen LogP contribution in [0.25, 0.3) is 0 Å². The number of hydrogen-bond acceptors (Lipinski definition) is 8. The van der Waals surface area contributed by atoms with E-state index >= 15 is 0 Å². The second-order valence-corrected chi connectivity index (χ2v) is 23.8. The lowest BCUT2D eigenvalue weighted by Crippen LogP contribution is -2.37. The standard InChI is InChI=1S/C65H120NO8P/c1-6-8-10-12-14-16-18-20-22-24-26-27-28-29-30-31-32-33-34-35-36-37-38-39-40-42-44-46-48-50-52-54-56-58-65(68)74-63(62-73-75(69,70)72-60-59-66(3,4)5)61-71-64(67)57-55-53-51-49-47-45-43-41-25-23-21-19-17-15-13-11-9-7-2/h8,10,14,16,20,22,26-27,29-30,63H,6-7,9,11-13,15,17-19,21,23-25,28,31-62H2,1-5H3/b10-8-,16-14-,22-20-,27-26-,30-29-. The molecular formula is C65H120NO8P. The number of phosphoric ester groups is 1. The third-order valence-corrected chi connectivity index (χ3v) is 14.8. The highest BCUT2D eigenvalue weighted by Crippen LogP contribution is 2.38. The molecule has 2 unspecified atom stereocenters. The minimum Gasteiger partial charge on any atom is -0.756 e. The SMILES string of the molecule is CC/C=C\C/C=C\C/C=C\C/C=C\C/C=C\CCCCCCCCCCCCCCCCCCCC(=O)OC(COC(=O)CCCCCCCCCCCCCCCCCCCC)COP(=O)([O-])OCC[N+](C)(C)C. The fourth-order valence-electron chi connectivity index (χ4n) is 8.98. The van der Waals surface area contributed by atoms with E-state index in [0.29, 0.717) is 17.4 Å². The van der Waals surface area contributed by atoms with Gasteiger partial charge in [-0.25, -0.2) is 0 Å². The van der Waals surface area contributed by atoms with Crippen molar-refractivity contribution in [3.05, 3.63) is 60.8 Å². The zero-order valence-electron chi connectivity index (χ0n) is 49.7. The van der Waals surface area contributed by atoms with Gasteiger partial charge in [-0.3, -0.25) is 14.2 Å². The maximum absolute atomic E-state index is 12.8. The quantitative estimate of drug-likeness (QED) is 0.0195. The van der Waals surface area contributed by atoms with Gasteiger partial charge in [0.15, 0.2) is 6.10 Å².